The van der Waals surface area contributed by atoms with Crippen molar-refractivity contribution in [2.75, 3.05) is 26.2 Å². The Morgan fingerprint density at radius 1 is 0.562 bits per heavy atom. The maximum Gasteiger partial charge on any atom is 0.335 e. The number of amides is 1. The molecule has 0 bridgehead atoms. The van der Waals surface area contributed by atoms with Crippen LogP contribution in [0.3, 0.4) is 0 Å². The molecule has 0 rings (SSSR count). The fourth-order valence-electron chi connectivity index (χ4n) is 3.78. The number of hydrogen-bond acceptors (Lipinski definition) is 14. The highest BCUT2D eigenvalue weighted by molar-refractivity contribution is 6.00. The fraction of sp³-hybridized carbons (Fsp3) is 0.818. The van der Waals surface area contributed by atoms with E-state index in [1.165, 1.54) is 4.90 Å². The second kappa shape index (κ2) is 17.4. The summed E-state index contributed by atoms with van der Waals surface area (Å²) in [4.78, 5) is 79.2. The smallest absolute Gasteiger partial charge is 0.335 e. The maximum absolute atomic E-state index is 13.1. The molecule has 0 aromatic heterocycles. The Kier molecular flexibility index (Phi) is 16.2. The van der Waals surface area contributed by atoms with Crippen molar-refractivity contribution >= 4 is 35.8 Å². The van der Waals surface area contributed by atoms with Crippen LogP contribution in [-0.2, 0) is 52.5 Å². The number of primary amides is 1. The van der Waals surface area contributed by atoms with Gasteiger partial charge in [-0.25, -0.2) is 19.2 Å². The lowest BCUT2D eigenvalue weighted by molar-refractivity contribution is -0.173. The van der Waals surface area contributed by atoms with Gasteiger partial charge in [-0.15, -0.1) is 0 Å². The number of nitrogens with one attached hydrogen (secondary N) is 2. The van der Waals surface area contributed by atoms with E-state index in [-0.39, 0.29) is 26.2 Å². The molecule has 0 aliphatic rings. The van der Waals surface area contributed by atoms with E-state index in [1.807, 2.05) is 0 Å². The third-order valence-corrected chi connectivity index (χ3v) is 5.27. The standard InChI is InChI=1S/C33H60N4O11/c1-29(2,3)44-21(38)19-37(17-16-35-22(25(40)45-30(4,5)6)26(41)46-31(7,8)9)18-20(24(34)39)36-23(27(42)47-32(10,11)12)28(43)48-33(13,14)15/h20,22-23,35-36H,16-19H2,1-15H3,(H2,34,39). The predicted molar refractivity (Wildman–Crippen MR) is 177 cm³/mol. The average molecular weight is 689 g/mol. The van der Waals surface area contributed by atoms with Crippen LogP contribution in [0.2, 0.25) is 0 Å². The minimum absolute atomic E-state index is 0.0453. The summed E-state index contributed by atoms with van der Waals surface area (Å²) >= 11 is 0. The first kappa shape index (κ1) is 44.7. The Labute approximate surface area is 285 Å². The molecule has 15 nitrogen and oxygen atoms in total. The molecule has 0 radical (unpaired) electrons. The molecule has 15 heteroatoms. The van der Waals surface area contributed by atoms with Crippen molar-refractivity contribution in [1.82, 2.24) is 15.5 Å². The zero-order chi connectivity index (χ0) is 38.1. The molecule has 0 aliphatic heterocycles. The number of nitrogens with two attached hydrogens (primary N) is 1. The van der Waals surface area contributed by atoms with Crippen LogP contribution in [0.15, 0.2) is 0 Å². The molecule has 1 atom stereocenters. The van der Waals surface area contributed by atoms with Crippen molar-refractivity contribution in [3.63, 3.8) is 0 Å². The summed E-state index contributed by atoms with van der Waals surface area (Å²) in [5.74, 6) is -5.34. The normalized spacial score (nSPS) is 13.6. The molecule has 278 valence electrons. The van der Waals surface area contributed by atoms with E-state index >= 15 is 0 Å². The summed E-state index contributed by atoms with van der Waals surface area (Å²) in [6, 6.07) is -4.64. The van der Waals surface area contributed by atoms with E-state index in [9.17, 15) is 28.8 Å². The highest BCUT2D eigenvalue weighted by Gasteiger charge is 2.39. The van der Waals surface area contributed by atoms with Gasteiger partial charge in [-0.05, 0) is 104 Å². The van der Waals surface area contributed by atoms with Gasteiger partial charge in [0.1, 0.15) is 34.0 Å². The van der Waals surface area contributed by atoms with E-state index in [1.54, 1.807) is 104 Å². The van der Waals surface area contributed by atoms with Crippen molar-refractivity contribution in [2.24, 2.45) is 5.73 Å². The SMILES string of the molecule is CC(C)(C)OC(=O)CN(CCNC(C(=O)OC(C)(C)C)C(=O)OC(C)(C)C)CC(NC(C(=O)OC(C)(C)C)C(=O)OC(C)(C)C)C(N)=O. The summed E-state index contributed by atoms with van der Waals surface area (Å²) in [6.07, 6.45) is 0. The quantitative estimate of drug-likeness (QED) is 0.128. The Morgan fingerprint density at radius 2 is 0.896 bits per heavy atom. The molecule has 0 aromatic rings. The summed E-state index contributed by atoms with van der Waals surface area (Å²) in [7, 11) is 0. The van der Waals surface area contributed by atoms with Crippen molar-refractivity contribution < 1.29 is 52.5 Å². The molecule has 0 saturated heterocycles. The number of rotatable bonds is 15. The van der Waals surface area contributed by atoms with Gasteiger partial charge >= 0.3 is 29.8 Å². The summed E-state index contributed by atoms with van der Waals surface area (Å²) < 4.78 is 27.1. The Bertz CT molecular complexity index is 1080. The molecule has 0 aromatic carbocycles. The van der Waals surface area contributed by atoms with Gasteiger partial charge in [-0.1, -0.05) is 0 Å². The van der Waals surface area contributed by atoms with Gasteiger partial charge < -0.3 is 29.4 Å². The molecule has 0 heterocycles. The van der Waals surface area contributed by atoms with Crippen molar-refractivity contribution in [2.45, 2.75) is 150 Å². The topological polar surface area (TPSA) is 202 Å². The molecule has 1 amide bonds. The van der Waals surface area contributed by atoms with Gasteiger partial charge in [0.05, 0.1) is 6.54 Å². The number of hydrogen-bond donors (Lipinski definition) is 3. The zero-order valence-electron chi connectivity index (χ0n) is 31.6. The van der Waals surface area contributed by atoms with Crippen LogP contribution >= 0.6 is 0 Å². The highest BCUT2D eigenvalue weighted by Crippen LogP contribution is 2.15. The van der Waals surface area contributed by atoms with E-state index < -0.39 is 81.9 Å². The molecular weight excluding hydrogens is 628 g/mol. The van der Waals surface area contributed by atoms with Crippen LogP contribution in [-0.4, -0.2) is 113 Å². The first-order valence-electron chi connectivity index (χ1n) is 15.9. The Morgan fingerprint density at radius 3 is 1.21 bits per heavy atom. The molecular formula is C33H60N4O11. The minimum atomic E-state index is -1.74. The summed E-state index contributed by atoms with van der Waals surface area (Å²) in [5, 5.41) is 5.47. The first-order chi connectivity index (χ1) is 21.3. The van der Waals surface area contributed by atoms with E-state index in [2.05, 4.69) is 10.6 Å². The number of carbonyl (C=O) groups is 6. The van der Waals surface area contributed by atoms with Crippen molar-refractivity contribution in [1.29, 1.82) is 0 Å². The van der Waals surface area contributed by atoms with Crippen LogP contribution in [0.1, 0.15) is 104 Å². The van der Waals surface area contributed by atoms with Crippen LogP contribution in [0, 0.1) is 0 Å². The maximum atomic E-state index is 13.1. The summed E-state index contributed by atoms with van der Waals surface area (Å²) in [6.45, 7) is 23.8. The number of carbonyl (C=O) groups excluding carboxylic acids is 6. The lowest BCUT2D eigenvalue weighted by Crippen LogP contribution is -2.59. The Hall–Kier alpha value is -3.30. The van der Waals surface area contributed by atoms with Crippen molar-refractivity contribution in [3.05, 3.63) is 0 Å². The molecule has 1 unspecified atom stereocenters. The summed E-state index contributed by atoms with van der Waals surface area (Å²) in [5.41, 5.74) is 1.11. The third-order valence-electron chi connectivity index (χ3n) is 5.27. The van der Waals surface area contributed by atoms with Crippen molar-refractivity contribution in [3.8, 4) is 0 Å². The van der Waals surface area contributed by atoms with Gasteiger partial charge in [-0.3, -0.25) is 25.1 Å². The van der Waals surface area contributed by atoms with Gasteiger partial charge in [0.25, 0.3) is 0 Å². The van der Waals surface area contributed by atoms with E-state index in [0.717, 1.165) is 0 Å². The largest absolute Gasteiger partial charge is 0.459 e. The second-order valence-electron chi connectivity index (χ2n) is 16.4. The lowest BCUT2D eigenvalue weighted by atomic mass is 10.1. The monoisotopic (exact) mass is 688 g/mol. The van der Waals surface area contributed by atoms with Gasteiger partial charge in [0, 0.05) is 19.6 Å². The predicted octanol–water partition coefficient (Wildman–Crippen LogP) is 1.77. The fourth-order valence-corrected chi connectivity index (χ4v) is 3.78. The van der Waals surface area contributed by atoms with E-state index in [4.69, 9.17) is 29.4 Å². The van der Waals surface area contributed by atoms with Gasteiger partial charge in [0.2, 0.25) is 18.0 Å². The van der Waals surface area contributed by atoms with Gasteiger partial charge in [0.15, 0.2) is 0 Å². The zero-order valence-corrected chi connectivity index (χ0v) is 31.6. The van der Waals surface area contributed by atoms with E-state index in [0.29, 0.717) is 0 Å². The molecule has 0 spiro atoms. The van der Waals surface area contributed by atoms with Crippen LogP contribution < -0.4 is 16.4 Å². The Balaban J connectivity index is 6.37. The van der Waals surface area contributed by atoms with Crippen LogP contribution in [0.25, 0.3) is 0 Å². The molecule has 0 aliphatic carbocycles. The van der Waals surface area contributed by atoms with Gasteiger partial charge in [-0.2, -0.15) is 0 Å². The van der Waals surface area contributed by atoms with Crippen LogP contribution in [0.5, 0.6) is 0 Å². The lowest BCUT2D eigenvalue weighted by Gasteiger charge is -2.31. The molecule has 48 heavy (non-hydrogen) atoms. The number of nitrogens with zero attached hydrogens (tertiary/aromatic N) is 1. The first-order valence-corrected chi connectivity index (χ1v) is 15.9. The number of esters is 5. The highest BCUT2D eigenvalue weighted by atomic mass is 16.6. The molecule has 0 saturated carbocycles. The number of ether oxygens (including phenoxy) is 5. The molecule has 4 N–H and O–H groups in total. The average Bonchev–Trinajstić information content (AvgIpc) is 2.77. The van der Waals surface area contributed by atoms with Crippen LogP contribution in [0.4, 0.5) is 0 Å². The second-order valence-corrected chi connectivity index (χ2v) is 16.4. The minimum Gasteiger partial charge on any atom is -0.459 e. The third kappa shape index (κ3) is 20.8. The molecule has 0 fully saturated rings.